The van der Waals surface area contributed by atoms with E-state index in [1.165, 1.54) is 5.56 Å². The molecule has 1 rings (SSSR count). The van der Waals surface area contributed by atoms with Crippen LogP contribution in [-0.4, -0.2) is 12.6 Å². The topological polar surface area (TPSA) is 38.0 Å². The molecule has 0 aliphatic rings. The SMILES string of the molecule is CC.CCC(N)CCNCc1ccccc1. The Kier molecular flexibility index (Phi) is 10.1. The summed E-state index contributed by atoms with van der Waals surface area (Å²) in [5, 5.41) is 3.39. The first-order chi connectivity index (χ1) is 7.83. The maximum Gasteiger partial charge on any atom is 0.0205 e. The standard InChI is InChI=1S/C12H20N2.C2H6/c1-2-12(13)8-9-14-10-11-6-4-3-5-7-11;1-2/h3-7,12,14H,2,8-10,13H2,1H3;1-2H3. The summed E-state index contributed by atoms with van der Waals surface area (Å²) in [6.07, 6.45) is 2.12. The maximum atomic E-state index is 5.81. The first-order valence-corrected chi connectivity index (χ1v) is 6.33. The van der Waals surface area contributed by atoms with E-state index in [0.717, 1.165) is 25.9 Å². The summed E-state index contributed by atoms with van der Waals surface area (Å²) >= 11 is 0. The minimum absolute atomic E-state index is 0.346. The number of nitrogens with two attached hydrogens (primary N) is 1. The van der Waals surface area contributed by atoms with Gasteiger partial charge in [0.15, 0.2) is 0 Å². The molecule has 0 saturated carbocycles. The summed E-state index contributed by atoms with van der Waals surface area (Å²) in [4.78, 5) is 0. The monoisotopic (exact) mass is 222 g/mol. The molecule has 1 unspecified atom stereocenters. The molecule has 0 spiro atoms. The summed E-state index contributed by atoms with van der Waals surface area (Å²) < 4.78 is 0. The molecule has 1 atom stereocenters. The van der Waals surface area contributed by atoms with Crippen LogP contribution in [0.25, 0.3) is 0 Å². The van der Waals surface area contributed by atoms with E-state index in [-0.39, 0.29) is 0 Å². The second-order valence-electron chi connectivity index (χ2n) is 3.62. The fourth-order valence-corrected chi connectivity index (χ4v) is 1.32. The predicted molar refractivity (Wildman–Crippen MR) is 72.4 cm³/mol. The predicted octanol–water partition coefficient (Wildman–Crippen LogP) is 2.93. The second-order valence-corrected chi connectivity index (χ2v) is 3.62. The molecule has 0 aromatic heterocycles. The molecule has 0 radical (unpaired) electrons. The van der Waals surface area contributed by atoms with Gasteiger partial charge >= 0.3 is 0 Å². The first-order valence-electron chi connectivity index (χ1n) is 6.33. The highest BCUT2D eigenvalue weighted by Crippen LogP contribution is 1.97. The maximum absolute atomic E-state index is 5.81. The average Bonchev–Trinajstić information content (AvgIpc) is 2.38. The number of rotatable bonds is 6. The molecule has 1 aromatic carbocycles. The van der Waals surface area contributed by atoms with Crippen molar-refractivity contribution in [1.82, 2.24) is 5.32 Å². The van der Waals surface area contributed by atoms with Crippen LogP contribution in [0.2, 0.25) is 0 Å². The molecule has 3 N–H and O–H groups in total. The van der Waals surface area contributed by atoms with Gasteiger partial charge in [-0.15, -0.1) is 0 Å². The smallest absolute Gasteiger partial charge is 0.0205 e. The molecule has 0 bridgehead atoms. The van der Waals surface area contributed by atoms with Crippen LogP contribution in [-0.2, 0) is 6.54 Å². The van der Waals surface area contributed by atoms with Crippen LogP contribution < -0.4 is 11.1 Å². The largest absolute Gasteiger partial charge is 0.328 e. The van der Waals surface area contributed by atoms with Crippen LogP contribution in [0, 0.1) is 0 Å². The molecule has 2 nitrogen and oxygen atoms in total. The van der Waals surface area contributed by atoms with Crippen LogP contribution in [0.15, 0.2) is 30.3 Å². The second kappa shape index (κ2) is 10.7. The Morgan fingerprint density at radius 3 is 2.38 bits per heavy atom. The van der Waals surface area contributed by atoms with Gasteiger partial charge in [0.25, 0.3) is 0 Å². The van der Waals surface area contributed by atoms with Crippen molar-refractivity contribution in [2.45, 2.75) is 46.2 Å². The van der Waals surface area contributed by atoms with E-state index < -0.39 is 0 Å². The quantitative estimate of drug-likeness (QED) is 0.726. The fourth-order valence-electron chi connectivity index (χ4n) is 1.32. The zero-order valence-electron chi connectivity index (χ0n) is 10.9. The molecule has 0 aliphatic heterocycles. The summed E-state index contributed by atoms with van der Waals surface area (Å²) in [7, 11) is 0. The first kappa shape index (κ1) is 15.1. The highest BCUT2D eigenvalue weighted by Gasteiger charge is 1.97. The van der Waals surface area contributed by atoms with Crippen molar-refractivity contribution in [2.75, 3.05) is 6.54 Å². The Balaban J connectivity index is 0.00000106. The van der Waals surface area contributed by atoms with Gasteiger partial charge in [-0.3, -0.25) is 0 Å². The lowest BCUT2D eigenvalue weighted by molar-refractivity contribution is 0.549. The van der Waals surface area contributed by atoms with Gasteiger partial charge < -0.3 is 11.1 Å². The summed E-state index contributed by atoms with van der Waals surface area (Å²) in [5.41, 5.74) is 7.14. The van der Waals surface area contributed by atoms with Crippen LogP contribution >= 0.6 is 0 Å². The van der Waals surface area contributed by atoms with Gasteiger partial charge in [0.2, 0.25) is 0 Å². The summed E-state index contributed by atoms with van der Waals surface area (Å²) in [6, 6.07) is 10.8. The van der Waals surface area contributed by atoms with Crippen molar-refractivity contribution in [3.05, 3.63) is 35.9 Å². The molecule has 0 heterocycles. The number of hydrogen-bond donors (Lipinski definition) is 2. The van der Waals surface area contributed by atoms with Crippen LogP contribution in [0.5, 0.6) is 0 Å². The Morgan fingerprint density at radius 2 is 1.81 bits per heavy atom. The fraction of sp³-hybridized carbons (Fsp3) is 0.571. The molecule has 0 amide bonds. The third-order valence-corrected chi connectivity index (χ3v) is 2.39. The Labute approximate surface area is 100 Å². The van der Waals surface area contributed by atoms with Crippen molar-refractivity contribution in [3.8, 4) is 0 Å². The van der Waals surface area contributed by atoms with Crippen molar-refractivity contribution in [1.29, 1.82) is 0 Å². The zero-order chi connectivity index (χ0) is 12.2. The molecule has 0 saturated heterocycles. The van der Waals surface area contributed by atoms with Gasteiger partial charge in [-0.05, 0) is 24.9 Å². The van der Waals surface area contributed by atoms with Crippen molar-refractivity contribution in [3.63, 3.8) is 0 Å². The zero-order valence-corrected chi connectivity index (χ0v) is 10.9. The van der Waals surface area contributed by atoms with Gasteiger partial charge in [0.05, 0.1) is 0 Å². The Hall–Kier alpha value is -0.860. The van der Waals surface area contributed by atoms with Gasteiger partial charge in [-0.2, -0.15) is 0 Å². The van der Waals surface area contributed by atoms with Crippen molar-refractivity contribution in [2.24, 2.45) is 5.73 Å². The minimum Gasteiger partial charge on any atom is -0.328 e. The number of nitrogens with one attached hydrogen (secondary N) is 1. The minimum atomic E-state index is 0.346. The van der Waals surface area contributed by atoms with E-state index in [4.69, 9.17) is 5.73 Å². The highest BCUT2D eigenvalue weighted by atomic mass is 14.9. The van der Waals surface area contributed by atoms with Gasteiger partial charge in [0, 0.05) is 12.6 Å². The van der Waals surface area contributed by atoms with Gasteiger partial charge in [-0.1, -0.05) is 51.1 Å². The van der Waals surface area contributed by atoms with Crippen molar-refractivity contribution >= 4 is 0 Å². The highest BCUT2D eigenvalue weighted by molar-refractivity contribution is 5.14. The third-order valence-electron chi connectivity index (χ3n) is 2.39. The molecule has 2 heteroatoms. The van der Waals surface area contributed by atoms with Crippen LogP contribution in [0.4, 0.5) is 0 Å². The Morgan fingerprint density at radius 1 is 1.19 bits per heavy atom. The number of benzene rings is 1. The van der Waals surface area contributed by atoms with Crippen molar-refractivity contribution < 1.29 is 0 Å². The summed E-state index contributed by atoms with van der Waals surface area (Å²) in [5.74, 6) is 0. The van der Waals surface area contributed by atoms with E-state index in [0.29, 0.717) is 6.04 Å². The Bertz CT molecular complexity index is 234. The average molecular weight is 222 g/mol. The van der Waals surface area contributed by atoms with E-state index >= 15 is 0 Å². The summed E-state index contributed by atoms with van der Waals surface area (Å²) in [6.45, 7) is 8.07. The van der Waals surface area contributed by atoms with E-state index in [1.54, 1.807) is 0 Å². The lowest BCUT2D eigenvalue weighted by Crippen LogP contribution is -2.25. The third kappa shape index (κ3) is 7.43. The van der Waals surface area contributed by atoms with E-state index in [9.17, 15) is 0 Å². The lowest BCUT2D eigenvalue weighted by atomic mass is 10.1. The van der Waals surface area contributed by atoms with Crippen LogP contribution in [0.1, 0.15) is 39.2 Å². The molecule has 1 aromatic rings. The van der Waals surface area contributed by atoms with E-state index in [2.05, 4.69) is 36.5 Å². The molecule has 16 heavy (non-hydrogen) atoms. The number of hydrogen-bond acceptors (Lipinski definition) is 2. The molecular weight excluding hydrogens is 196 g/mol. The molecule has 0 fully saturated rings. The molecular formula is C14H26N2. The lowest BCUT2D eigenvalue weighted by Gasteiger charge is -2.09. The van der Waals surface area contributed by atoms with Gasteiger partial charge in [-0.25, -0.2) is 0 Å². The molecule has 0 aliphatic carbocycles. The van der Waals surface area contributed by atoms with Gasteiger partial charge in [0.1, 0.15) is 0 Å². The van der Waals surface area contributed by atoms with Crippen LogP contribution in [0.3, 0.4) is 0 Å². The van der Waals surface area contributed by atoms with E-state index in [1.807, 2.05) is 19.9 Å². The normalized spacial score (nSPS) is 11.5. The molecule has 92 valence electrons.